The van der Waals surface area contributed by atoms with Crippen LogP contribution < -0.4 is 19.5 Å². The summed E-state index contributed by atoms with van der Waals surface area (Å²) in [6.45, 7) is 4.22. The maximum Gasteiger partial charge on any atom is 0.272 e. The number of nitrogens with one attached hydrogen (secondary N) is 2. The number of hydrogen-bond donors (Lipinski definition) is 2. The molecule has 9 nitrogen and oxygen atoms in total. The summed E-state index contributed by atoms with van der Waals surface area (Å²) in [6.07, 6.45) is 3.63. The van der Waals surface area contributed by atoms with Gasteiger partial charge in [0.1, 0.15) is 22.1 Å². The van der Waals surface area contributed by atoms with Crippen LogP contribution in [0.1, 0.15) is 41.4 Å². The minimum Gasteiger partial charge on any atom is -0.496 e. The fraction of sp³-hybridized carbons (Fsp3) is 0.333. The van der Waals surface area contributed by atoms with Crippen LogP contribution in [0.5, 0.6) is 23.0 Å². The van der Waals surface area contributed by atoms with Crippen LogP contribution in [0.25, 0.3) is 10.1 Å². The van der Waals surface area contributed by atoms with E-state index in [0.717, 1.165) is 40.0 Å². The van der Waals surface area contributed by atoms with Gasteiger partial charge in [-0.25, -0.2) is 0 Å². The Morgan fingerprint density at radius 3 is 2.65 bits per heavy atom. The summed E-state index contributed by atoms with van der Waals surface area (Å²) in [5.41, 5.74) is 0.968. The van der Waals surface area contributed by atoms with Crippen molar-refractivity contribution >= 4 is 33.3 Å². The molecular weight excluding hydrogens is 454 g/mol. The van der Waals surface area contributed by atoms with Crippen molar-refractivity contribution in [2.24, 2.45) is 5.92 Å². The van der Waals surface area contributed by atoms with Crippen LogP contribution in [-0.4, -0.2) is 39.7 Å². The lowest BCUT2D eigenvalue weighted by atomic mass is 10.1. The first-order chi connectivity index (χ1) is 16.5. The number of hydrogen-bond acceptors (Lipinski definition) is 8. The molecule has 2 heterocycles. The normalized spacial score (nSPS) is 17.6. The summed E-state index contributed by atoms with van der Waals surface area (Å²) in [5, 5.41) is 16.8. The highest BCUT2D eigenvalue weighted by atomic mass is 32.1. The van der Waals surface area contributed by atoms with Crippen molar-refractivity contribution < 1.29 is 19.0 Å². The molecule has 176 valence electrons. The van der Waals surface area contributed by atoms with Gasteiger partial charge in [-0.05, 0) is 79.3 Å². The van der Waals surface area contributed by atoms with Crippen LogP contribution in [0.15, 0.2) is 36.4 Å². The fourth-order valence-electron chi connectivity index (χ4n) is 4.20. The van der Waals surface area contributed by atoms with Crippen LogP contribution in [0.4, 0.5) is 5.95 Å². The highest BCUT2D eigenvalue weighted by Crippen LogP contribution is 2.43. The zero-order valence-electron chi connectivity index (χ0n) is 19.1. The Hall–Kier alpha value is -3.66. The van der Waals surface area contributed by atoms with Crippen molar-refractivity contribution in [3.63, 3.8) is 0 Å². The molecule has 1 fully saturated rings. The maximum absolute atomic E-state index is 13.1. The molecule has 34 heavy (non-hydrogen) atoms. The summed E-state index contributed by atoms with van der Waals surface area (Å²) in [5.74, 6) is 2.98. The second kappa shape index (κ2) is 9.30. The van der Waals surface area contributed by atoms with Gasteiger partial charge in [0.15, 0.2) is 5.75 Å². The molecule has 2 aromatic heterocycles. The summed E-state index contributed by atoms with van der Waals surface area (Å²) in [6, 6.07) is 11.4. The van der Waals surface area contributed by atoms with Crippen molar-refractivity contribution in [1.29, 1.82) is 0 Å². The second-order valence-electron chi connectivity index (χ2n) is 8.50. The Labute approximate surface area is 200 Å². The number of H-pyrrole nitrogens is 1. The molecule has 5 rings (SSSR count). The molecule has 2 aromatic carbocycles. The van der Waals surface area contributed by atoms with Gasteiger partial charge in [-0.3, -0.25) is 10.1 Å². The fourth-order valence-corrected chi connectivity index (χ4v) is 5.31. The number of thiophene rings is 1. The number of nitrogens with zero attached hydrogens (tertiary/aromatic N) is 3. The first-order valence-electron chi connectivity index (χ1n) is 11.1. The van der Waals surface area contributed by atoms with Crippen molar-refractivity contribution in [3.8, 4) is 23.0 Å². The number of fused-ring (bicyclic) bond motifs is 1. The number of amides is 1. The second-order valence-corrected chi connectivity index (χ2v) is 9.55. The maximum atomic E-state index is 13.1. The van der Waals surface area contributed by atoms with Gasteiger partial charge in [0.2, 0.25) is 0 Å². The third-order valence-corrected chi connectivity index (χ3v) is 7.06. The summed E-state index contributed by atoms with van der Waals surface area (Å²) < 4.78 is 18.8. The van der Waals surface area contributed by atoms with E-state index < -0.39 is 0 Å². The Bertz CT molecular complexity index is 1300. The number of rotatable bonds is 7. The lowest BCUT2D eigenvalue weighted by Crippen LogP contribution is -2.12. The first-order valence-corrected chi connectivity index (χ1v) is 11.9. The van der Waals surface area contributed by atoms with E-state index >= 15 is 0 Å². The molecule has 2 N–H and O–H groups in total. The number of aromatic nitrogens is 4. The molecule has 1 saturated carbocycles. The molecule has 10 heteroatoms. The van der Waals surface area contributed by atoms with Gasteiger partial charge in [-0.15, -0.1) is 16.4 Å². The molecule has 1 amide bonds. The zero-order chi connectivity index (χ0) is 23.7. The van der Waals surface area contributed by atoms with Crippen molar-refractivity contribution in [1.82, 2.24) is 20.6 Å². The van der Waals surface area contributed by atoms with E-state index in [0.29, 0.717) is 22.3 Å². The van der Waals surface area contributed by atoms with Gasteiger partial charge in [0.25, 0.3) is 11.9 Å². The molecule has 1 aliphatic rings. The van der Waals surface area contributed by atoms with Crippen LogP contribution in [0.2, 0.25) is 0 Å². The van der Waals surface area contributed by atoms with Crippen LogP contribution in [0.3, 0.4) is 0 Å². The standard InChI is InChI=1S/C24H25N5O4S/c1-13-4-5-17(10-13)32-15-6-8-16(9-7-15)33-21-18-12-19(31-3)14(2)11-20(18)34-22(21)23(30)25-24-26-28-29-27-24/h6-9,11-13,17H,4-5,10H2,1-3H3,(H2,25,26,27,28,29,30). The van der Waals surface area contributed by atoms with Gasteiger partial charge in [-0.1, -0.05) is 12.0 Å². The molecule has 1 aliphatic carbocycles. The Balaban J connectivity index is 1.45. The van der Waals surface area contributed by atoms with Crippen LogP contribution in [-0.2, 0) is 0 Å². The lowest BCUT2D eigenvalue weighted by Gasteiger charge is -2.14. The lowest BCUT2D eigenvalue weighted by molar-refractivity contribution is 0.102. The first kappa shape index (κ1) is 22.1. The van der Waals surface area contributed by atoms with Gasteiger partial charge >= 0.3 is 0 Å². The minimum atomic E-state index is -0.385. The number of anilines is 1. The van der Waals surface area contributed by atoms with Gasteiger partial charge < -0.3 is 14.2 Å². The quantitative estimate of drug-likeness (QED) is 0.368. The average Bonchev–Trinajstić information content (AvgIpc) is 3.56. The largest absolute Gasteiger partial charge is 0.496 e. The SMILES string of the molecule is COc1cc2c(Oc3ccc(OC4CCC(C)C4)cc3)c(C(=O)Nc3nn[nH]n3)sc2cc1C. The van der Waals surface area contributed by atoms with E-state index in [4.69, 9.17) is 14.2 Å². The third kappa shape index (κ3) is 4.54. The van der Waals surface area contributed by atoms with Gasteiger partial charge in [0, 0.05) is 10.1 Å². The number of aryl methyl sites for hydroxylation is 1. The summed E-state index contributed by atoms with van der Waals surface area (Å²) >= 11 is 1.33. The summed E-state index contributed by atoms with van der Waals surface area (Å²) in [4.78, 5) is 13.4. The van der Waals surface area contributed by atoms with Crippen LogP contribution in [0, 0.1) is 12.8 Å². The number of benzene rings is 2. The predicted molar refractivity (Wildman–Crippen MR) is 129 cm³/mol. The van der Waals surface area contributed by atoms with E-state index in [1.165, 1.54) is 17.8 Å². The molecule has 0 saturated heterocycles. The van der Waals surface area contributed by atoms with Gasteiger partial charge in [0.05, 0.1) is 13.2 Å². The number of carbonyl (C=O) groups excluding carboxylic acids is 1. The molecule has 0 bridgehead atoms. The Morgan fingerprint density at radius 2 is 1.97 bits per heavy atom. The van der Waals surface area contributed by atoms with Crippen molar-refractivity contribution in [2.75, 3.05) is 12.4 Å². The van der Waals surface area contributed by atoms with Gasteiger partial charge in [-0.2, -0.15) is 5.21 Å². The number of carbonyl (C=O) groups is 1. The number of aromatic amines is 1. The minimum absolute atomic E-state index is 0.0879. The van der Waals surface area contributed by atoms with E-state index in [9.17, 15) is 4.79 Å². The molecule has 0 spiro atoms. The number of tetrazole rings is 1. The van der Waals surface area contributed by atoms with Crippen molar-refractivity contribution in [2.45, 2.75) is 39.2 Å². The zero-order valence-corrected chi connectivity index (χ0v) is 19.9. The highest BCUT2D eigenvalue weighted by Gasteiger charge is 2.24. The molecule has 4 aromatic rings. The topological polar surface area (TPSA) is 111 Å². The smallest absolute Gasteiger partial charge is 0.272 e. The molecular formula is C24H25N5O4S. The van der Waals surface area contributed by atoms with E-state index in [-0.39, 0.29) is 18.0 Å². The Kier molecular flexibility index (Phi) is 6.06. The number of methoxy groups -OCH3 is 1. The van der Waals surface area contributed by atoms with E-state index in [1.807, 2.05) is 43.3 Å². The third-order valence-electron chi connectivity index (χ3n) is 5.93. The highest BCUT2D eigenvalue weighted by molar-refractivity contribution is 7.21. The van der Waals surface area contributed by atoms with E-state index in [2.05, 4.69) is 32.9 Å². The predicted octanol–water partition coefficient (Wildman–Crippen LogP) is 5.34. The van der Waals surface area contributed by atoms with Crippen molar-refractivity contribution in [3.05, 3.63) is 46.8 Å². The number of ether oxygens (including phenoxy) is 3. The molecule has 0 radical (unpaired) electrons. The average molecular weight is 480 g/mol. The van der Waals surface area contributed by atoms with E-state index in [1.54, 1.807) is 7.11 Å². The molecule has 2 atom stereocenters. The summed E-state index contributed by atoms with van der Waals surface area (Å²) in [7, 11) is 1.62. The monoisotopic (exact) mass is 479 g/mol. The Morgan fingerprint density at radius 1 is 1.18 bits per heavy atom. The molecule has 0 aliphatic heterocycles. The van der Waals surface area contributed by atoms with Crippen LogP contribution >= 0.6 is 11.3 Å². The molecule has 2 unspecified atom stereocenters.